The number of nitrogens with two attached hydrogens (primary N) is 1. The number of hydrogen-bond acceptors (Lipinski definition) is 1. The second kappa shape index (κ2) is 4.45. The molecule has 1 aromatic rings. The van der Waals surface area contributed by atoms with Crippen molar-refractivity contribution in [3.05, 3.63) is 34.3 Å². The maximum Gasteiger partial charge on any atom is 0.0175 e. The van der Waals surface area contributed by atoms with E-state index in [1.807, 2.05) is 0 Å². The van der Waals surface area contributed by atoms with Crippen molar-refractivity contribution in [2.24, 2.45) is 11.7 Å². The Kier molecular flexibility index (Phi) is 3.24. The topological polar surface area (TPSA) is 26.0 Å². The molecule has 0 amide bonds. The number of benzene rings is 1. The Bertz CT molecular complexity index is 290. The van der Waals surface area contributed by atoms with Gasteiger partial charge in [-0.3, -0.25) is 0 Å². The van der Waals surface area contributed by atoms with Crippen LogP contribution in [0, 0.1) is 5.92 Å². The highest BCUT2D eigenvalue weighted by atomic mass is 79.9. The summed E-state index contributed by atoms with van der Waals surface area (Å²) in [5, 5.41) is 0. The van der Waals surface area contributed by atoms with Crippen LogP contribution >= 0.6 is 15.9 Å². The van der Waals surface area contributed by atoms with Crippen LogP contribution in [0.2, 0.25) is 0 Å². The highest BCUT2D eigenvalue weighted by molar-refractivity contribution is 9.10. The first kappa shape index (κ1) is 10.2. The highest BCUT2D eigenvalue weighted by Crippen LogP contribution is 2.38. The van der Waals surface area contributed by atoms with Gasteiger partial charge < -0.3 is 5.73 Å². The van der Waals surface area contributed by atoms with Crippen molar-refractivity contribution in [1.29, 1.82) is 0 Å². The van der Waals surface area contributed by atoms with Crippen LogP contribution in [-0.2, 0) is 0 Å². The van der Waals surface area contributed by atoms with Crippen molar-refractivity contribution >= 4 is 15.9 Å². The van der Waals surface area contributed by atoms with E-state index < -0.39 is 0 Å². The fourth-order valence-corrected chi connectivity index (χ4v) is 2.42. The molecule has 0 radical (unpaired) electrons. The molecule has 0 aromatic heterocycles. The molecule has 1 fully saturated rings. The zero-order chi connectivity index (χ0) is 9.97. The average Bonchev–Trinajstić information content (AvgIpc) is 2.13. The van der Waals surface area contributed by atoms with Crippen LogP contribution in [0.15, 0.2) is 28.7 Å². The van der Waals surface area contributed by atoms with E-state index in [-0.39, 0.29) is 0 Å². The fraction of sp³-hybridized carbons (Fsp3) is 0.500. The van der Waals surface area contributed by atoms with Crippen molar-refractivity contribution in [2.45, 2.75) is 25.2 Å². The van der Waals surface area contributed by atoms with Gasteiger partial charge in [0.15, 0.2) is 0 Å². The van der Waals surface area contributed by atoms with Crippen molar-refractivity contribution in [2.75, 3.05) is 6.54 Å². The summed E-state index contributed by atoms with van der Waals surface area (Å²) in [6, 6.07) is 8.60. The zero-order valence-corrected chi connectivity index (χ0v) is 9.83. The van der Waals surface area contributed by atoms with Gasteiger partial charge in [0.25, 0.3) is 0 Å². The molecule has 1 aliphatic carbocycles. The summed E-state index contributed by atoms with van der Waals surface area (Å²) in [4.78, 5) is 0. The third kappa shape index (κ3) is 2.01. The van der Waals surface area contributed by atoms with Crippen molar-refractivity contribution < 1.29 is 0 Å². The first-order chi connectivity index (χ1) is 6.81. The molecule has 1 aliphatic rings. The number of rotatable bonds is 3. The molecule has 2 rings (SSSR count). The van der Waals surface area contributed by atoms with Crippen LogP contribution in [0.25, 0.3) is 0 Å². The molecule has 2 N–H and O–H groups in total. The van der Waals surface area contributed by atoms with Gasteiger partial charge in [0.05, 0.1) is 0 Å². The molecular weight excluding hydrogens is 238 g/mol. The lowest BCUT2D eigenvalue weighted by Crippen LogP contribution is -2.26. The van der Waals surface area contributed by atoms with E-state index in [1.54, 1.807) is 0 Å². The predicted octanol–water partition coefficient (Wildman–Crippen LogP) is 3.29. The molecule has 1 nitrogen and oxygen atoms in total. The van der Waals surface area contributed by atoms with Gasteiger partial charge in [0, 0.05) is 4.47 Å². The summed E-state index contributed by atoms with van der Waals surface area (Å²) >= 11 is 3.45. The third-order valence-electron chi connectivity index (χ3n) is 3.27. The predicted molar refractivity (Wildman–Crippen MR) is 63.3 cm³/mol. The maximum atomic E-state index is 5.84. The van der Waals surface area contributed by atoms with Gasteiger partial charge in [-0.15, -0.1) is 0 Å². The van der Waals surface area contributed by atoms with E-state index >= 15 is 0 Å². The van der Waals surface area contributed by atoms with Crippen LogP contribution in [0.4, 0.5) is 0 Å². The first-order valence-corrected chi connectivity index (χ1v) is 6.06. The van der Waals surface area contributed by atoms with Gasteiger partial charge >= 0.3 is 0 Å². The van der Waals surface area contributed by atoms with Gasteiger partial charge in [-0.1, -0.05) is 34.5 Å². The first-order valence-electron chi connectivity index (χ1n) is 5.27. The quantitative estimate of drug-likeness (QED) is 0.880. The summed E-state index contributed by atoms with van der Waals surface area (Å²) in [5.41, 5.74) is 7.24. The van der Waals surface area contributed by atoms with Gasteiger partial charge in [0.2, 0.25) is 0 Å². The Hall–Kier alpha value is -0.340. The average molecular weight is 254 g/mol. The van der Waals surface area contributed by atoms with Crippen molar-refractivity contribution in [3.63, 3.8) is 0 Å². The van der Waals surface area contributed by atoms with E-state index in [9.17, 15) is 0 Å². The molecule has 0 spiro atoms. The largest absolute Gasteiger partial charge is 0.330 e. The zero-order valence-electron chi connectivity index (χ0n) is 8.25. The molecule has 2 heteroatoms. The van der Waals surface area contributed by atoms with Gasteiger partial charge in [-0.05, 0) is 48.9 Å². The van der Waals surface area contributed by atoms with Crippen LogP contribution in [-0.4, -0.2) is 6.54 Å². The van der Waals surface area contributed by atoms with Crippen LogP contribution < -0.4 is 5.73 Å². The molecule has 0 aliphatic heterocycles. The maximum absolute atomic E-state index is 5.84. The van der Waals surface area contributed by atoms with Crippen LogP contribution in [0.3, 0.4) is 0 Å². The Labute approximate surface area is 93.8 Å². The van der Waals surface area contributed by atoms with E-state index in [2.05, 4.69) is 40.2 Å². The number of halogens is 1. The van der Waals surface area contributed by atoms with Gasteiger partial charge in [0.1, 0.15) is 0 Å². The summed E-state index contributed by atoms with van der Waals surface area (Å²) in [7, 11) is 0. The summed E-state index contributed by atoms with van der Waals surface area (Å²) in [6.45, 7) is 0.784. The molecule has 14 heavy (non-hydrogen) atoms. The Morgan fingerprint density at radius 2 is 1.93 bits per heavy atom. The molecule has 1 aromatic carbocycles. The fourth-order valence-electron chi connectivity index (χ4n) is 2.15. The molecule has 0 bridgehead atoms. The van der Waals surface area contributed by atoms with E-state index in [0.29, 0.717) is 5.92 Å². The Morgan fingerprint density at radius 1 is 1.29 bits per heavy atom. The minimum absolute atomic E-state index is 0.580. The molecule has 76 valence electrons. The summed E-state index contributed by atoms with van der Waals surface area (Å²) in [6.07, 6.45) is 4.10. The molecule has 1 unspecified atom stereocenters. The Balaban J connectivity index is 2.14. The van der Waals surface area contributed by atoms with Gasteiger partial charge in [-0.2, -0.15) is 0 Å². The second-order valence-corrected chi connectivity index (χ2v) is 5.00. The summed E-state index contributed by atoms with van der Waals surface area (Å²) in [5.74, 6) is 1.41. The van der Waals surface area contributed by atoms with Crippen LogP contribution in [0.5, 0.6) is 0 Å². The number of hydrogen-bond donors (Lipinski definition) is 1. The SMILES string of the molecule is NCC(c1ccc(Br)cc1)C1CCC1. The molecule has 1 atom stereocenters. The molecular formula is C12H16BrN. The van der Waals surface area contributed by atoms with E-state index in [1.165, 1.54) is 24.8 Å². The lowest BCUT2D eigenvalue weighted by atomic mass is 9.73. The lowest BCUT2D eigenvalue weighted by Gasteiger charge is -2.33. The lowest BCUT2D eigenvalue weighted by molar-refractivity contribution is 0.264. The monoisotopic (exact) mass is 253 g/mol. The normalized spacial score (nSPS) is 19.0. The summed E-state index contributed by atoms with van der Waals surface area (Å²) < 4.78 is 1.14. The smallest absolute Gasteiger partial charge is 0.0175 e. The van der Waals surface area contributed by atoms with Gasteiger partial charge in [-0.25, -0.2) is 0 Å². The second-order valence-electron chi connectivity index (χ2n) is 4.08. The van der Waals surface area contributed by atoms with Crippen molar-refractivity contribution in [1.82, 2.24) is 0 Å². The molecule has 0 heterocycles. The molecule has 0 saturated heterocycles. The van der Waals surface area contributed by atoms with Crippen LogP contribution in [0.1, 0.15) is 30.7 Å². The molecule has 1 saturated carbocycles. The highest BCUT2D eigenvalue weighted by Gasteiger charge is 2.27. The third-order valence-corrected chi connectivity index (χ3v) is 3.80. The van der Waals surface area contributed by atoms with E-state index in [4.69, 9.17) is 5.73 Å². The minimum atomic E-state index is 0.580. The van der Waals surface area contributed by atoms with Crippen molar-refractivity contribution in [3.8, 4) is 0 Å². The minimum Gasteiger partial charge on any atom is -0.330 e. The standard InChI is InChI=1S/C12H16BrN/c13-11-6-4-10(5-7-11)12(8-14)9-2-1-3-9/h4-7,9,12H,1-3,8,14H2. The van der Waals surface area contributed by atoms with E-state index in [0.717, 1.165) is 16.9 Å². The Morgan fingerprint density at radius 3 is 2.36 bits per heavy atom.